The van der Waals surface area contributed by atoms with Crippen molar-refractivity contribution in [3.63, 3.8) is 0 Å². The van der Waals surface area contributed by atoms with Crippen LogP contribution in [0.3, 0.4) is 0 Å². The second-order valence-electron chi connectivity index (χ2n) is 3.71. The van der Waals surface area contributed by atoms with Gasteiger partial charge in [0, 0.05) is 0 Å². The van der Waals surface area contributed by atoms with Gasteiger partial charge in [0.1, 0.15) is 8.65 Å². The highest BCUT2D eigenvalue weighted by Gasteiger charge is 2.65. The molecule has 0 radical (unpaired) electrons. The van der Waals surface area contributed by atoms with Gasteiger partial charge in [0.15, 0.2) is 0 Å². The van der Waals surface area contributed by atoms with Crippen LogP contribution in [0.25, 0.3) is 0 Å². The van der Waals surface area contributed by atoms with Gasteiger partial charge in [-0.1, -0.05) is 31.9 Å². The van der Waals surface area contributed by atoms with Crippen LogP contribution in [0.5, 0.6) is 0 Å². The molecule has 4 amide bonds. The SMILES string of the molecule is O=C1CC(Br)(C2(Br)CC(=O)NC2=O)C(=O)N1. The van der Waals surface area contributed by atoms with Crippen LogP contribution in [0.2, 0.25) is 0 Å². The van der Waals surface area contributed by atoms with E-state index in [-0.39, 0.29) is 12.8 Å². The van der Waals surface area contributed by atoms with Crippen molar-refractivity contribution in [1.82, 2.24) is 10.6 Å². The van der Waals surface area contributed by atoms with Gasteiger partial charge in [-0.25, -0.2) is 0 Å². The van der Waals surface area contributed by atoms with E-state index in [1.807, 2.05) is 0 Å². The molecule has 8 heteroatoms. The smallest absolute Gasteiger partial charge is 0.245 e. The first-order chi connectivity index (χ1) is 7.29. The summed E-state index contributed by atoms with van der Waals surface area (Å²) in [6.07, 6.45) is -0.366. The van der Waals surface area contributed by atoms with Crippen molar-refractivity contribution in [3.8, 4) is 0 Å². The lowest BCUT2D eigenvalue weighted by molar-refractivity contribution is -0.129. The highest BCUT2D eigenvalue weighted by molar-refractivity contribution is 9.13. The maximum atomic E-state index is 11.7. The highest BCUT2D eigenvalue weighted by Crippen LogP contribution is 2.48. The lowest BCUT2D eigenvalue weighted by atomic mass is 9.89. The summed E-state index contributed by atoms with van der Waals surface area (Å²) in [5, 5.41) is 4.20. The summed E-state index contributed by atoms with van der Waals surface area (Å²) in [6.45, 7) is 0. The summed E-state index contributed by atoms with van der Waals surface area (Å²) < 4.78 is -2.82. The van der Waals surface area contributed by atoms with Crippen molar-refractivity contribution in [1.29, 1.82) is 0 Å². The van der Waals surface area contributed by atoms with E-state index >= 15 is 0 Å². The first-order valence-electron chi connectivity index (χ1n) is 4.36. The highest BCUT2D eigenvalue weighted by atomic mass is 79.9. The van der Waals surface area contributed by atoms with Crippen LogP contribution in [0.15, 0.2) is 0 Å². The molecule has 0 aromatic heterocycles. The number of imide groups is 2. The molecule has 2 heterocycles. The molecule has 2 fully saturated rings. The van der Waals surface area contributed by atoms with Gasteiger partial charge in [-0.2, -0.15) is 0 Å². The number of carbonyl (C=O) groups is 4. The normalized spacial score (nSPS) is 38.9. The second kappa shape index (κ2) is 3.36. The van der Waals surface area contributed by atoms with Crippen LogP contribution < -0.4 is 10.6 Å². The fourth-order valence-electron chi connectivity index (χ4n) is 1.78. The zero-order valence-corrected chi connectivity index (χ0v) is 11.0. The lowest BCUT2D eigenvalue weighted by Crippen LogP contribution is -2.54. The first kappa shape index (κ1) is 11.7. The lowest BCUT2D eigenvalue weighted by Gasteiger charge is -2.30. The summed E-state index contributed by atoms with van der Waals surface area (Å²) in [6, 6.07) is 0. The Morgan fingerprint density at radius 3 is 1.31 bits per heavy atom. The predicted molar refractivity (Wildman–Crippen MR) is 58.8 cm³/mol. The van der Waals surface area contributed by atoms with E-state index in [9.17, 15) is 19.2 Å². The molecule has 0 aromatic carbocycles. The fourth-order valence-corrected chi connectivity index (χ4v) is 3.13. The van der Waals surface area contributed by atoms with Crippen LogP contribution in [0.1, 0.15) is 12.8 Å². The number of rotatable bonds is 1. The Kier molecular flexibility index (Phi) is 2.46. The molecule has 16 heavy (non-hydrogen) atoms. The third kappa shape index (κ3) is 1.36. The minimum absolute atomic E-state index is 0.183. The van der Waals surface area contributed by atoms with Crippen molar-refractivity contribution in [2.45, 2.75) is 21.5 Å². The summed E-state index contributed by atoms with van der Waals surface area (Å²) in [4.78, 5) is 45.6. The van der Waals surface area contributed by atoms with Crippen LogP contribution in [-0.2, 0) is 19.2 Å². The summed E-state index contributed by atoms with van der Waals surface area (Å²) in [5.74, 6) is -2.18. The van der Waals surface area contributed by atoms with Gasteiger partial charge >= 0.3 is 0 Å². The Hall–Kier alpha value is -0.760. The number of carbonyl (C=O) groups excluding carboxylic acids is 4. The maximum absolute atomic E-state index is 11.7. The number of hydrogen-bond donors (Lipinski definition) is 2. The van der Waals surface area contributed by atoms with Gasteiger partial charge < -0.3 is 0 Å². The number of amides is 4. The van der Waals surface area contributed by atoms with E-state index in [1.165, 1.54) is 0 Å². The Labute approximate surface area is 107 Å². The minimum atomic E-state index is -1.41. The van der Waals surface area contributed by atoms with E-state index < -0.39 is 32.3 Å². The second-order valence-corrected chi connectivity index (χ2v) is 6.42. The molecule has 2 atom stereocenters. The van der Waals surface area contributed by atoms with Gasteiger partial charge in [-0.05, 0) is 0 Å². The first-order valence-corrected chi connectivity index (χ1v) is 5.94. The summed E-state index contributed by atoms with van der Waals surface area (Å²) >= 11 is 6.22. The van der Waals surface area contributed by atoms with Gasteiger partial charge in [-0.15, -0.1) is 0 Å². The van der Waals surface area contributed by atoms with Crippen LogP contribution in [0, 0.1) is 0 Å². The third-order valence-electron chi connectivity index (χ3n) is 2.66. The van der Waals surface area contributed by atoms with E-state index in [4.69, 9.17) is 0 Å². The van der Waals surface area contributed by atoms with E-state index in [0.717, 1.165) is 0 Å². The topological polar surface area (TPSA) is 92.3 Å². The van der Waals surface area contributed by atoms with Crippen molar-refractivity contribution >= 4 is 55.5 Å². The molecule has 2 aliphatic rings. The average molecular weight is 354 g/mol. The molecule has 2 rings (SSSR count). The molecular formula is C8H6Br2N2O4. The fraction of sp³-hybridized carbons (Fsp3) is 0.500. The Bertz CT molecular complexity index is 398. The van der Waals surface area contributed by atoms with Crippen LogP contribution in [0.4, 0.5) is 0 Å². The predicted octanol–water partition coefficient (Wildman–Crippen LogP) is -0.653. The van der Waals surface area contributed by atoms with Crippen molar-refractivity contribution in [2.75, 3.05) is 0 Å². The summed E-state index contributed by atoms with van der Waals surface area (Å²) in [5.41, 5.74) is 0. The molecule has 0 aromatic rings. The van der Waals surface area contributed by atoms with Crippen LogP contribution >= 0.6 is 31.9 Å². The number of halogens is 2. The Morgan fingerprint density at radius 2 is 1.12 bits per heavy atom. The maximum Gasteiger partial charge on any atom is 0.245 e. The van der Waals surface area contributed by atoms with Crippen molar-refractivity contribution in [3.05, 3.63) is 0 Å². The molecular weight excluding hydrogens is 348 g/mol. The quantitative estimate of drug-likeness (QED) is 0.484. The van der Waals surface area contributed by atoms with Crippen molar-refractivity contribution < 1.29 is 19.2 Å². The van der Waals surface area contributed by atoms with Gasteiger partial charge in [0.25, 0.3) is 0 Å². The zero-order valence-electron chi connectivity index (χ0n) is 7.80. The molecule has 2 aliphatic heterocycles. The molecule has 2 unspecified atom stereocenters. The van der Waals surface area contributed by atoms with Crippen molar-refractivity contribution in [2.24, 2.45) is 0 Å². The largest absolute Gasteiger partial charge is 0.295 e. The molecule has 2 saturated heterocycles. The molecule has 0 spiro atoms. The third-order valence-corrected chi connectivity index (χ3v) is 5.83. The molecule has 86 valence electrons. The van der Waals surface area contributed by atoms with E-state index in [2.05, 4.69) is 42.5 Å². The average Bonchev–Trinajstić information content (AvgIpc) is 2.54. The summed E-state index contributed by atoms with van der Waals surface area (Å²) in [7, 11) is 0. The molecule has 6 nitrogen and oxygen atoms in total. The standard InChI is InChI=1S/C8H6Br2N2O4/c9-7(1-3(13)11-5(7)15)8(10)2-4(14)12-6(8)16/h1-2H2,(H,11,13,15)(H,12,14,16). The number of alkyl halides is 2. The number of nitrogens with one attached hydrogen (secondary N) is 2. The Balaban J connectivity index is 2.44. The van der Waals surface area contributed by atoms with E-state index in [0.29, 0.717) is 0 Å². The molecule has 2 N–H and O–H groups in total. The number of hydrogen-bond acceptors (Lipinski definition) is 4. The van der Waals surface area contributed by atoms with Gasteiger partial charge in [0.2, 0.25) is 23.6 Å². The molecule has 0 saturated carbocycles. The monoisotopic (exact) mass is 352 g/mol. The minimum Gasteiger partial charge on any atom is -0.295 e. The zero-order chi connectivity index (χ0) is 12.1. The molecule has 0 aliphatic carbocycles. The van der Waals surface area contributed by atoms with Crippen LogP contribution in [-0.4, -0.2) is 32.3 Å². The van der Waals surface area contributed by atoms with Gasteiger partial charge in [0.05, 0.1) is 12.8 Å². The molecule has 0 bridgehead atoms. The van der Waals surface area contributed by atoms with Gasteiger partial charge in [-0.3, -0.25) is 29.8 Å². The van der Waals surface area contributed by atoms with E-state index in [1.54, 1.807) is 0 Å². The Morgan fingerprint density at radius 1 is 0.812 bits per heavy atom.